The van der Waals surface area contributed by atoms with Gasteiger partial charge in [0.1, 0.15) is 5.82 Å². The molecule has 0 saturated heterocycles. The topological polar surface area (TPSA) is 41.1 Å². The molecule has 0 atom stereocenters. The van der Waals surface area contributed by atoms with Gasteiger partial charge in [0.15, 0.2) is 5.13 Å². The Morgan fingerprint density at radius 1 is 1.05 bits per heavy atom. The molecule has 1 aromatic carbocycles. The van der Waals surface area contributed by atoms with Crippen LogP contribution in [0.5, 0.6) is 0 Å². The van der Waals surface area contributed by atoms with E-state index in [2.05, 4.69) is 38.9 Å². The predicted molar refractivity (Wildman–Crippen MR) is 94.7 cm³/mol. The Balaban J connectivity index is 2.04. The van der Waals surface area contributed by atoms with Crippen molar-refractivity contribution in [1.29, 1.82) is 0 Å². The highest BCUT2D eigenvalue weighted by Gasteiger charge is 2.10. The summed E-state index contributed by atoms with van der Waals surface area (Å²) in [5.41, 5.74) is 4.36. The molecule has 0 saturated carbocycles. The third kappa shape index (κ3) is 2.80. The molecule has 0 bridgehead atoms. The summed E-state index contributed by atoms with van der Waals surface area (Å²) in [6, 6.07) is 12.4. The number of benzene rings is 1. The minimum Gasteiger partial charge on any atom is -0.365 e. The van der Waals surface area contributed by atoms with Gasteiger partial charge in [-0.2, -0.15) is 0 Å². The zero-order valence-corrected chi connectivity index (χ0v) is 13.7. The lowest BCUT2D eigenvalue weighted by atomic mass is 9.99. The quantitative estimate of drug-likeness (QED) is 0.791. The van der Waals surface area contributed by atoms with Crippen LogP contribution in [-0.2, 0) is 0 Å². The average Bonchev–Trinajstić information content (AvgIpc) is 3.04. The van der Waals surface area contributed by atoms with E-state index in [9.17, 15) is 0 Å². The van der Waals surface area contributed by atoms with Crippen molar-refractivity contribution >= 4 is 22.3 Å². The van der Waals surface area contributed by atoms with E-state index in [1.165, 1.54) is 0 Å². The summed E-state index contributed by atoms with van der Waals surface area (Å²) in [6.07, 6.45) is 1.92. The highest BCUT2D eigenvalue weighted by Crippen LogP contribution is 2.33. The Morgan fingerprint density at radius 3 is 2.41 bits per heavy atom. The fourth-order valence-corrected chi connectivity index (χ4v) is 2.95. The van der Waals surface area contributed by atoms with Crippen LogP contribution in [0.15, 0.2) is 48.0 Å². The second kappa shape index (κ2) is 6.15. The summed E-state index contributed by atoms with van der Waals surface area (Å²) in [5, 5.41) is 6.08. The minimum absolute atomic E-state index is 0.922. The fourth-order valence-electron chi connectivity index (χ4n) is 2.28. The maximum atomic E-state index is 4.61. The highest BCUT2D eigenvalue weighted by molar-refractivity contribution is 7.14. The van der Waals surface area contributed by atoms with Gasteiger partial charge in [-0.3, -0.25) is 0 Å². The Kier molecular flexibility index (Phi) is 4.06. The van der Waals surface area contributed by atoms with E-state index in [1.54, 1.807) is 11.3 Å². The van der Waals surface area contributed by atoms with Gasteiger partial charge < -0.3 is 10.2 Å². The van der Waals surface area contributed by atoms with Crippen molar-refractivity contribution in [2.75, 3.05) is 31.4 Å². The smallest absolute Gasteiger partial charge is 0.182 e. The lowest BCUT2D eigenvalue weighted by Gasteiger charge is -2.12. The summed E-state index contributed by atoms with van der Waals surface area (Å²) in [7, 11) is 5.87. The van der Waals surface area contributed by atoms with Crippen LogP contribution < -0.4 is 10.2 Å². The number of nitrogens with one attached hydrogen (secondary N) is 1. The number of hydrogen-bond donors (Lipinski definition) is 1. The minimum atomic E-state index is 0.922. The van der Waals surface area contributed by atoms with Crippen LogP contribution in [0.25, 0.3) is 22.4 Å². The van der Waals surface area contributed by atoms with E-state index in [-0.39, 0.29) is 0 Å². The monoisotopic (exact) mass is 310 g/mol. The van der Waals surface area contributed by atoms with E-state index in [1.807, 2.05) is 50.4 Å². The van der Waals surface area contributed by atoms with Crippen molar-refractivity contribution in [3.8, 4) is 22.4 Å². The van der Waals surface area contributed by atoms with Gasteiger partial charge in [-0.05, 0) is 17.7 Å². The molecule has 0 aliphatic heterocycles. The maximum absolute atomic E-state index is 4.61. The molecule has 0 amide bonds. The molecular formula is C17H18N4S. The van der Waals surface area contributed by atoms with Crippen molar-refractivity contribution in [2.45, 2.75) is 0 Å². The lowest BCUT2D eigenvalue weighted by Crippen LogP contribution is -2.10. The molecular weight excluding hydrogens is 292 g/mol. The summed E-state index contributed by atoms with van der Waals surface area (Å²) >= 11 is 1.61. The largest absolute Gasteiger partial charge is 0.365 e. The number of thiazole rings is 1. The number of rotatable bonds is 4. The third-order valence-electron chi connectivity index (χ3n) is 3.44. The van der Waals surface area contributed by atoms with Crippen LogP contribution in [0.4, 0.5) is 10.9 Å². The molecule has 2 heterocycles. The molecule has 22 heavy (non-hydrogen) atoms. The summed E-state index contributed by atoms with van der Waals surface area (Å²) in [4.78, 5) is 11.1. The van der Waals surface area contributed by atoms with Gasteiger partial charge in [0.2, 0.25) is 0 Å². The SMILES string of the molecule is CNc1nc(-c2ccccc2-c2ccc(N(C)C)nc2)cs1. The highest BCUT2D eigenvalue weighted by atomic mass is 32.1. The van der Waals surface area contributed by atoms with Crippen LogP contribution in [0, 0.1) is 0 Å². The third-order valence-corrected chi connectivity index (χ3v) is 4.30. The number of aromatic nitrogens is 2. The first-order valence-corrected chi connectivity index (χ1v) is 7.93. The number of nitrogens with zero attached hydrogens (tertiary/aromatic N) is 3. The Bertz CT molecular complexity index is 762. The normalized spacial score (nSPS) is 10.5. The first-order valence-electron chi connectivity index (χ1n) is 7.05. The Hall–Kier alpha value is -2.40. The van der Waals surface area contributed by atoms with Crippen LogP contribution >= 0.6 is 11.3 Å². The van der Waals surface area contributed by atoms with Crippen molar-refractivity contribution in [1.82, 2.24) is 9.97 Å². The number of pyridine rings is 1. The second-order valence-corrected chi connectivity index (χ2v) is 5.99. The lowest BCUT2D eigenvalue weighted by molar-refractivity contribution is 1.07. The molecule has 4 nitrogen and oxygen atoms in total. The summed E-state index contributed by atoms with van der Waals surface area (Å²) < 4.78 is 0. The van der Waals surface area contributed by atoms with Crippen LogP contribution in [0.3, 0.4) is 0 Å². The first kappa shape index (κ1) is 14.5. The van der Waals surface area contributed by atoms with Crippen LogP contribution in [-0.4, -0.2) is 31.1 Å². The number of hydrogen-bond acceptors (Lipinski definition) is 5. The molecule has 2 aromatic heterocycles. The van der Waals surface area contributed by atoms with E-state index in [4.69, 9.17) is 0 Å². The van der Waals surface area contributed by atoms with Crippen molar-refractivity contribution in [2.24, 2.45) is 0 Å². The summed E-state index contributed by atoms with van der Waals surface area (Å²) in [6.45, 7) is 0. The summed E-state index contributed by atoms with van der Waals surface area (Å²) in [5.74, 6) is 0.951. The van der Waals surface area contributed by atoms with Gasteiger partial charge in [0, 0.05) is 43.8 Å². The fraction of sp³-hybridized carbons (Fsp3) is 0.176. The second-order valence-electron chi connectivity index (χ2n) is 5.13. The molecule has 0 aliphatic rings. The number of anilines is 2. The van der Waals surface area contributed by atoms with Crippen molar-refractivity contribution < 1.29 is 0 Å². The molecule has 3 rings (SSSR count). The van der Waals surface area contributed by atoms with Crippen molar-refractivity contribution in [3.63, 3.8) is 0 Å². The first-order chi connectivity index (χ1) is 10.7. The standard InChI is InChI=1S/C17H18N4S/c1-18-17-20-15(11-22-17)14-7-5-4-6-13(14)12-8-9-16(19-10-12)21(2)3/h4-11H,1-3H3,(H,18,20). The molecule has 0 aliphatic carbocycles. The van der Waals surface area contributed by atoms with E-state index in [0.717, 1.165) is 33.3 Å². The average molecular weight is 310 g/mol. The van der Waals surface area contributed by atoms with Crippen LogP contribution in [0.1, 0.15) is 0 Å². The molecule has 0 unspecified atom stereocenters. The maximum Gasteiger partial charge on any atom is 0.182 e. The molecule has 0 spiro atoms. The van der Waals surface area contributed by atoms with E-state index < -0.39 is 0 Å². The molecule has 1 N–H and O–H groups in total. The van der Waals surface area contributed by atoms with Crippen LogP contribution in [0.2, 0.25) is 0 Å². The Labute approximate surface area is 134 Å². The zero-order chi connectivity index (χ0) is 15.5. The van der Waals surface area contributed by atoms with E-state index >= 15 is 0 Å². The van der Waals surface area contributed by atoms with Gasteiger partial charge in [-0.25, -0.2) is 9.97 Å². The van der Waals surface area contributed by atoms with Gasteiger partial charge >= 0.3 is 0 Å². The van der Waals surface area contributed by atoms with Gasteiger partial charge in [-0.15, -0.1) is 11.3 Å². The van der Waals surface area contributed by atoms with Gasteiger partial charge in [0.05, 0.1) is 5.69 Å². The predicted octanol–water partition coefficient (Wildman–Crippen LogP) is 3.98. The molecule has 0 radical (unpaired) electrons. The molecule has 3 aromatic rings. The molecule has 0 fully saturated rings. The van der Waals surface area contributed by atoms with Gasteiger partial charge in [-0.1, -0.05) is 24.3 Å². The van der Waals surface area contributed by atoms with E-state index in [0.29, 0.717) is 0 Å². The van der Waals surface area contributed by atoms with Gasteiger partial charge in [0.25, 0.3) is 0 Å². The zero-order valence-electron chi connectivity index (χ0n) is 12.9. The Morgan fingerprint density at radius 2 is 1.82 bits per heavy atom. The molecule has 112 valence electrons. The molecule has 5 heteroatoms. The van der Waals surface area contributed by atoms with Crippen molar-refractivity contribution in [3.05, 3.63) is 48.0 Å².